The van der Waals surface area contributed by atoms with E-state index in [9.17, 15) is 4.79 Å². The van der Waals surface area contributed by atoms with E-state index in [1.807, 2.05) is 54.8 Å². The number of nitrogens with zero attached hydrogens (tertiary/aromatic N) is 1. The minimum Gasteiger partial charge on any atom is -0.399 e. The van der Waals surface area contributed by atoms with Gasteiger partial charge in [-0.2, -0.15) is 11.8 Å². The van der Waals surface area contributed by atoms with E-state index in [4.69, 9.17) is 5.73 Å². The summed E-state index contributed by atoms with van der Waals surface area (Å²) in [5, 5.41) is 0. The Morgan fingerprint density at radius 3 is 2.33 bits per heavy atom. The molecule has 1 aromatic carbocycles. The molecule has 1 aliphatic rings. The molecule has 1 heterocycles. The third-order valence-electron chi connectivity index (χ3n) is 3.47. The van der Waals surface area contributed by atoms with E-state index in [1.165, 1.54) is 0 Å². The second kappa shape index (κ2) is 5.22. The van der Waals surface area contributed by atoms with Crippen molar-refractivity contribution < 1.29 is 4.79 Å². The molecule has 0 aliphatic carbocycles. The molecule has 0 spiro atoms. The van der Waals surface area contributed by atoms with Gasteiger partial charge < -0.3 is 10.6 Å². The Balaban J connectivity index is 2.18. The number of benzene rings is 1. The summed E-state index contributed by atoms with van der Waals surface area (Å²) in [6, 6.07) is 7.62. The maximum atomic E-state index is 12.6. The van der Waals surface area contributed by atoms with Crippen molar-refractivity contribution in [2.45, 2.75) is 19.3 Å². The molecule has 2 N–H and O–H groups in total. The quantitative estimate of drug-likeness (QED) is 0.832. The van der Waals surface area contributed by atoms with Crippen LogP contribution in [0, 0.1) is 0 Å². The summed E-state index contributed by atoms with van der Waals surface area (Å²) in [6.07, 6.45) is 0. The molecule has 0 bridgehead atoms. The van der Waals surface area contributed by atoms with Crippen LogP contribution < -0.4 is 5.73 Å². The van der Waals surface area contributed by atoms with Crippen LogP contribution in [0.2, 0.25) is 0 Å². The fraction of sp³-hybridized carbons (Fsp3) is 0.500. The average Bonchev–Trinajstić information content (AvgIpc) is 2.39. The maximum absolute atomic E-state index is 12.6. The second-order valence-electron chi connectivity index (χ2n) is 5.15. The standard InChI is InChI=1S/C14H20N2OS/c1-14(2,11-3-5-12(15)6-4-11)13(17)16-7-9-18-10-8-16/h3-6H,7-10,15H2,1-2H3. The number of anilines is 1. The van der Waals surface area contributed by atoms with Crippen molar-refractivity contribution in [1.82, 2.24) is 4.90 Å². The van der Waals surface area contributed by atoms with Gasteiger partial charge in [0.1, 0.15) is 0 Å². The molecule has 1 saturated heterocycles. The Labute approximate surface area is 113 Å². The van der Waals surface area contributed by atoms with Crippen molar-refractivity contribution in [1.29, 1.82) is 0 Å². The van der Waals surface area contributed by atoms with Crippen molar-refractivity contribution in [2.24, 2.45) is 0 Å². The van der Waals surface area contributed by atoms with Crippen molar-refractivity contribution in [2.75, 3.05) is 30.3 Å². The summed E-state index contributed by atoms with van der Waals surface area (Å²) in [7, 11) is 0. The molecule has 0 unspecified atom stereocenters. The number of carbonyl (C=O) groups excluding carboxylic acids is 1. The lowest BCUT2D eigenvalue weighted by Crippen LogP contribution is -2.47. The lowest BCUT2D eigenvalue weighted by molar-refractivity contribution is -0.135. The zero-order chi connectivity index (χ0) is 13.2. The van der Waals surface area contributed by atoms with Gasteiger partial charge in [0.25, 0.3) is 0 Å². The highest BCUT2D eigenvalue weighted by Crippen LogP contribution is 2.27. The molecule has 98 valence electrons. The number of thioether (sulfide) groups is 1. The Bertz CT molecular complexity index is 422. The number of hydrogen-bond donors (Lipinski definition) is 1. The first kappa shape index (κ1) is 13.3. The summed E-state index contributed by atoms with van der Waals surface area (Å²) in [5.41, 5.74) is 6.97. The first-order valence-corrected chi connectivity index (χ1v) is 7.40. The average molecular weight is 264 g/mol. The van der Waals surface area contributed by atoms with Crippen molar-refractivity contribution in [3.63, 3.8) is 0 Å². The fourth-order valence-corrected chi connectivity index (χ4v) is 3.09. The Hall–Kier alpha value is -1.16. The molecular weight excluding hydrogens is 244 g/mol. The van der Waals surface area contributed by atoms with Gasteiger partial charge in [0, 0.05) is 30.3 Å². The number of nitrogen functional groups attached to an aromatic ring is 1. The first-order valence-electron chi connectivity index (χ1n) is 6.25. The molecule has 1 aliphatic heterocycles. The zero-order valence-electron chi connectivity index (χ0n) is 11.0. The number of rotatable bonds is 2. The lowest BCUT2D eigenvalue weighted by Gasteiger charge is -2.34. The molecular formula is C14H20N2OS. The topological polar surface area (TPSA) is 46.3 Å². The highest BCUT2D eigenvalue weighted by atomic mass is 32.2. The van der Waals surface area contributed by atoms with Crippen LogP contribution in [0.15, 0.2) is 24.3 Å². The van der Waals surface area contributed by atoms with E-state index in [0.29, 0.717) is 0 Å². The minimum atomic E-state index is -0.476. The third kappa shape index (κ3) is 2.64. The summed E-state index contributed by atoms with van der Waals surface area (Å²) in [4.78, 5) is 14.6. The molecule has 0 saturated carbocycles. The second-order valence-corrected chi connectivity index (χ2v) is 6.38. The van der Waals surface area contributed by atoms with Gasteiger partial charge >= 0.3 is 0 Å². The highest BCUT2D eigenvalue weighted by molar-refractivity contribution is 7.99. The van der Waals surface area contributed by atoms with Crippen LogP contribution in [0.3, 0.4) is 0 Å². The monoisotopic (exact) mass is 264 g/mol. The Morgan fingerprint density at radius 1 is 1.22 bits per heavy atom. The number of amides is 1. The smallest absolute Gasteiger partial charge is 0.232 e. The van der Waals surface area contributed by atoms with Gasteiger partial charge in [-0.05, 0) is 31.5 Å². The van der Waals surface area contributed by atoms with Crippen molar-refractivity contribution in [3.8, 4) is 0 Å². The predicted molar refractivity (Wildman–Crippen MR) is 77.8 cm³/mol. The van der Waals surface area contributed by atoms with E-state index in [0.717, 1.165) is 35.8 Å². The van der Waals surface area contributed by atoms with Crippen LogP contribution in [0.25, 0.3) is 0 Å². The third-order valence-corrected chi connectivity index (χ3v) is 4.41. The molecule has 1 aromatic rings. The van der Waals surface area contributed by atoms with Gasteiger partial charge in [-0.25, -0.2) is 0 Å². The molecule has 1 fully saturated rings. The lowest BCUT2D eigenvalue weighted by atomic mass is 9.83. The van der Waals surface area contributed by atoms with Gasteiger partial charge in [0.15, 0.2) is 0 Å². The summed E-state index contributed by atoms with van der Waals surface area (Å²) >= 11 is 1.91. The van der Waals surface area contributed by atoms with E-state index in [-0.39, 0.29) is 5.91 Å². The highest BCUT2D eigenvalue weighted by Gasteiger charge is 2.34. The number of carbonyl (C=O) groups is 1. The number of nitrogens with two attached hydrogens (primary N) is 1. The SMILES string of the molecule is CC(C)(C(=O)N1CCSCC1)c1ccc(N)cc1. The fourth-order valence-electron chi connectivity index (χ4n) is 2.18. The van der Waals surface area contributed by atoms with Crippen LogP contribution in [0.5, 0.6) is 0 Å². The largest absolute Gasteiger partial charge is 0.399 e. The molecule has 0 aromatic heterocycles. The summed E-state index contributed by atoms with van der Waals surface area (Å²) in [6.45, 7) is 5.70. The van der Waals surface area contributed by atoms with Gasteiger partial charge in [-0.3, -0.25) is 4.79 Å². The predicted octanol–water partition coefficient (Wildman–Crippen LogP) is 2.12. The van der Waals surface area contributed by atoms with Gasteiger partial charge in [0.2, 0.25) is 5.91 Å². The van der Waals surface area contributed by atoms with E-state index >= 15 is 0 Å². The molecule has 4 heteroatoms. The van der Waals surface area contributed by atoms with Gasteiger partial charge in [-0.1, -0.05) is 12.1 Å². The normalized spacial score (nSPS) is 16.7. The molecule has 18 heavy (non-hydrogen) atoms. The van der Waals surface area contributed by atoms with Gasteiger partial charge in [0.05, 0.1) is 5.41 Å². The Morgan fingerprint density at radius 2 is 1.78 bits per heavy atom. The van der Waals surface area contributed by atoms with Crippen LogP contribution >= 0.6 is 11.8 Å². The molecule has 0 radical (unpaired) electrons. The zero-order valence-corrected chi connectivity index (χ0v) is 11.8. The van der Waals surface area contributed by atoms with Crippen molar-refractivity contribution >= 4 is 23.4 Å². The van der Waals surface area contributed by atoms with E-state index in [1.54, 1.807) is 0 Å². The maximum Gasteiger partial charge on any atom is 0.232 e. The minimum absolute atomic E-state index is 0.215. The molecule has 2 rings (SSSR count). The number of hydrogen-bond acceptors (Lipinski definition) is 3. The molecule has 1 amide bonds. The van der Waals surface area contributed by atoms with Gasteiger partial charge in [-0.15, -0.1) is 0 Å². The first-order chi connectivity index (χ1) is 8.51. The molecule has 3 nitrogen and oxygen atoms in total. The van der Waals surface area contributed by atoms with E-state index < -0.39 is 5.41 Å². The van der Waals surface area contributed by atoms with Crippen LogP contribution in [-0.2, 0) is 10.2 Å². The van der Waals surface area contributed by atoms with E-state index in [2.05, 4.69) is 0 Å². The summed E-state index contributed by atoms with van der Waals surface area (Å²) < 4.78 is 0. The van der Waals surface area contributed by atoms with Crippen molar-refractivity contribution in [3.05, 3.63) is 29.8 Å². The van der Waals surface area contributed by atoms with Crippen LogP contribution in [0.4, 0.5) is 5.69 Å². The summed E-state index contributed by atoms with van der Waals surface area (Å²) in [5.74, 6) is 2.31. The Kier molecular flexibility index (Phi) is 3.85. The van der Waals surface area contributed by atoms with Crippen LogP contribution in [0.1, 0.15) is 19.4 Å². The van der Waals surface area contributed by atoms with Crippen LogP contribution in [-0.4, -0.2) is 35.4 Å². The molecule has 0 atom stereocenters.